The van der Waals surface area contributed by atoms with E-state index in [2.05, 4.69) is 25.8 Å². The normalized spacial score (nSPS) is 16.8. The van der Waals surface area contributed by atoms with Crippen LogP contribution in [0.4, 0.5) is 0 Å². The Morgan fingerprint density at radius 3 is 2.62 bits per heavy atom. The van der Waals surface area contributed by atoms with E-state index in [1.165, 1.54) is 17.4 Å². The lowest BCUT2D eigenvalue weighted by Gasteiger charge is -2.14. The molecular formula is C10H14BrN3O2. The average Bonchev–Trinajstić information content (AvgIpc) is 2.74. The van der Waals surface area contributed by atoms with Crippen molar-refractivity contribution in [3.05, 3.63) is 31.5 Å². The van der Waals surface area contributed by atoms with Crippen LogP contribution in [0.1, 0.15) is 12.8 Å². The van der Waals surface area contributed by atoms with Gasteiger partial charge in [-0.3, -0.25) is 14.3 Å². The van der Waals surface area contributed by atoms with Crippen molar-refractivity contribution >= 4 is 15.9 Å². The Kier molecular flexibility index (Phi) is 3.60. The highest BCUT2D eigenvalue weighted by molar-refractivity contribution is 9.10. The molecule has 0 aliphatic carbocycles. The first kappa shape index (κ1) is 11.6. The van der Waals surface area contributed by atoms with Gasteiger partial charge in [-0.05, 0) is 41.9 Å². The predicted octanol–water partition coefficient (Wildman–Crippen LogP) is 0.395. The molecule has 0 aromatic carbocycles. The zero-order chi connectivity index (χ0) is 11.5. The molecule has 16 heavy (non-hydrogen) atoms. The summed E-state index contributed by atoms with van der Waals surface area (Å²) in [6.07, 6.45) is 4.03. The summed E-state index contributed by atoms with van der Waals surface area (Å²) < 4.78 is 1.93. The monoisotopic (exact) mass is 287 g/mol. The van der Waals surface area contributed by atoms with E-state index in [0.29, 0.717) is 11.0 Å². The largest absolute Gasteiger partial charge is 0.328 e. The second kappa shape index (κ2) is 4.97. The van der Waals surface area contributed by atoms with Crippen LogP contribution in [0.5, 0.6) is 0 Å². The fraction of sp³-hybridized carbons (Fsp3) is 0.600. The molecule has 2 heterocycles. The van der Waals surface area contributed by atoms with Gasteiger partial charge in [-0.25, -0.2) is 4.79 Å². The van der Waals surface area contributed by atoms with Gasteiger partial charge in [0.05, 0.1) is 4.47 Å². The summed E-state index contributed by atoms with van der Waals surface area (Å²) in [5, 5.41) is 0. The Hall–Kier alpha value is -0.880. The molecule has 0 unspecified atom stereocenters. The van der Waals surface area contributed by atoms with Crippen LogP contribution in [0.25, 0.3) is 0 Å². The highest BCUT2D eigenvalue weighted by atomic mass is 79.9. The van der Waals surface area contributed by atoms with E-state index in [-0.39, 0.29) is 11.2 Å². The Morgan fingerprint density at radius 1 is 1.25 bits per heavy atom. The Balaban J connectivity index is 2.06. The van der Waals surface area contributed by atoms with Crippen LogP contribution < -0.4 is 11.2 Å². The number of nitrogens with one attached hydrogen (secondary N) is 1. The highest BCUT2D eigenvalue weighted by Gasteiger charge is 2.11. The fourth-order valence-corrected chi connectivity index (χ4v) is 2.25. The SMILES string of the molecule is O=c1[nH]c(=O)n(CCN2CCCC2)cc1Br. The molecule has 0 saturated carbocycles. The first-order chi connectivity index (χ1) is 7.66. The number of rotatable bonds is 3. The molecular weight excluding hydrogens is 274 g/mol. The molecule has 1 fully saturated rings. The van der Waals surface area contributed by atoms with Gasteiger partial charge in [0.1, 0.15) is 0 Å². The second-order valence-electron chi connectivity index (χ2n) is 3.98. The minimum absolute atomic E-state index is 0.340. The van der Waals surface area contributed by atoms with Crippen LogP contribution in [-0.4, -0.2) is 34.1 Å². The van der Waals surface area contributed by atoms with Crippen LogP contribution in [0.2, 0.25) is 0 Å². The molecule has 0 bridgehead atoms. The Bertz CT molecular complexity index is 474. The standard InChI is InChI=1S/C10H14BrN3O2/c11-8-7-14(10(16)12-9(8)15)6-5-13-3-1-2-4-13/h7H,1-6H2,(H,12,15,16). The van der Waals surface area contributed by atoms with Crippen molar-refractivity contribution in [2.45, 2.75) is 19.4 Å². The van der Waals surface area contributed by atoms with Crippen molar-refractivity contribution in [2.75, 3.05) is 19.6 Å². The zero-order valence-electron chi connectivity index (χ0n) is 8.91. The summed E-state index contributed by atoms with van der Waals surface area (Å²) in [6.45, 7) is 3.70. The fourth-order valence-electron chi connectivity index (χ4n) is 1.90. The summed E-state index contributed by atoms with van der Waals surface area (Å²) in [4.78, 5) is 27.2. The lowest BCUT2D eigenvalue weighted by molar-refractivity contribution is 0.319. The minimum atomic E-state index is -0.373. The van der Waals surface area contributed by atoms with Crippen molar-refractivity contribution in [3.8, 4) is 0 Å². The van der Waals surface area contributed by atoms with E-state index in [0.717, 1.165) is 19.6 Å². The molecule has 1 aromatic rings. The molecule has 1 aliphatic rings. The molecule has 2 rings (SSSR count). The lowest BCUT2D eigenvalue weighted by atomic mass is 10.4. The van der Waals surface area contributed by atoms with Gasteiger partial charge in [0, 0.05) is 19.3 Å². The third-order valence-electron chi connectivity index (χ3n) is 2.82. The minimum Gasteiger partial charge on any atom is -0.302 e. The molecule has 1 saturated heterocycles. The first-order valence-corrected chi connectivity index (χ1v) is 6.18. The van der Waals surface area contributed by atoms with Crippen LogP contribution in [-0.2, 0) is 6.54 Å². The summed E-state index contributed by atoms with van der Waals surface area (Å²) in [5.74, 6) is 0. The molecule has 0 amide bonds. The molecule has 1 aromatic heterocycles. The van der Waals surface area contributed by atoms with Crippen molar-refractivity contribution < 1.29 is 0 Å². The lowest BCUT2D eigenvalue weighted by Crippen LogP contribution is -2.33. The van der Waals surface area contributed by atoms with E-state index in [9.17, 15) is 9.59 Å². The van der Waals surface area contributed by atoms with E-state index in [1.54, 1.807) is 6.20 Å². The Labute approximate surface area is 101 Å². The number of nitrogens with zero attached hydrogens (tertiary/aromatic N) is 2. The van der Waals surface area contributed by atoms with Gasteiger partial charge in [0.15, 0.2) is 0 Å². The third kappa shape index (κ3) is 2.62. The third-order valence-corrected chi connectivity index (χ3v) is 3.39. The van der Waals surface area contributed by atoms with E-state index in [1.807, 2.05) is 0 Å². The van der Waals surface area contributed by atoms with E-state index in [4.69, 9.17) is 0 Å². The van der Waals surface area contributed by atoms with Crippen molar-refractivity contribution in [2.24, 2.45) is 0 Å². The van der Waals surface area contributed by atoms with Crippen LogP contribution >= 0.6 is 15.9 Å². The number of H-pyrrole nitrogens is 1. The van der Waals surface area contributed by atoms with Crippen molar-refractivity contribution in [3.63, 3.8) is 0 Å². The van der Waals surface area contributed by atoms with Gasteiger partial charge in [-0.2, -0.15) is 0 Å². The van der Waals surface area contributed by atoms with E-state index < -0.39 is 0 Å². The van der Waals surface area contributed by atoms with Gasteiger partial charge in [-0.1, -0.05) is 0 Å². The van der Waals surface area contributed by atoms with Gasteiger partial charge in [0.2, 0.25) is 0 Å². The zero-order valence-corrected chi connectivity index (χ0v) is 10.5. The molecule has 0 atom stereocenters. The second-order valence-corrected chi connectivity index (χ2v) is 4.83. The topological polar surface area (TPSA) is 58.1 Å². The van der Waals surface area contributed by atoms with Gasteiger partial charge in [0.25, 0.3) is 5.56 Å². The summed E-state index contributed by atoms with van der Waals surface area (Å²) in [6, 6.07) is 0. The van der Waals surface area contributed by atoms with Gasteiger partial charge in [-0.15, -0.1) is 0 Å². The van der Waals surface area contributed by atoms with Crippen LogP contribution in [0.3, 0.4) is 0 Å². The quantitative estimate of drug-likeness (QED) is 0.875. The van der Waals surface area contributed by atoms with Crippen molar-refractivity contribution in [1.29, 1.82) is 0 Å². The molecule has 6 heteroatoms. The van der Waals surface area contributed by atoms with Gasteiger partial charge < -0.3 is 4.90 Å². The average molecular weight is 288 g/mol. The summed E-state index contributed by atoms with van der Waals surface area (Å²) in [7, 11) is 0. The molecule has 0 spiro atoms. The number of hydrogen-bond donors (Lipinski definition) is 1. The van der Waals surface area contributed by atoms with Crippen LogP contribution in [0.15, 0.2) is 20.3 Å². The molecule has 0 radical (unpaired) electrons. The molecule has 1 N–H and O–H groups in total. The smallest absolute Gasteiger partial charge is 0.302 e. The molecule has 1 aliphatic heterocycles. The maximum atomic E-state index is 11.5. The number of likely N-dealkylation sites (tertiary alicyclic amines) is 1. The number of aromatic amines is 1. The summed E-state index contributed by atoms with van der Waals surface area (Å²) in [5.41, 5.74) is -0.713. The number of aromatic nitrogens is 2. The Morgan fingerprint density at radius 2 is 1.94 bits per heavy atom. The number of hydrogen-bond acceptors (Lipinski definition) is 3. The maximum Gasteiger partial charge on any atom is 0.328 e. The first-order valence-electron chi connectivity index (χ1n) is 5.38. The maximum absolute atomic E-state index is 11.5. The van der Waals surface area contributed by atoms with Crippen LogP contribution in [0, 0.1) is 0 Å². The number of halogens is 1. The summed E-state index contributed by atoms with van der Waals surface area (Å²) >= 11 is 3.12. The predicted molar refractivity (Wildman–Crippen MR) is 64.7 cm³/mol. The highest BCUT2D eigenvalue weighted by Crippen LogP contribution is 2.06. The molecule has 5 nitrogen and oxygen atoms in total. The van der Waals surface area contributed by atoms with Gasteiger partial charge >= 0.3 is 5.69 Å². The van der Waals surface area contributed by atoms with E-state index >= 15 is 0 Å². The molecule has 88 valence electrons. The van der Waals surface area contributed by atoms with Crippen molar-refractivity contribution in [1.82, 2.24) is 14.5 Å².